The number of benzene rings is 2. The van der Waals surface area contributed by atoms with Crippen molar-refractivity contribution in [2.24, 2.45) is 5.92 Å². The van der Waals surface area contributed by atoms with Crippen LogP contribution in [0.5, 0.6) is 11.5 Å². The molecule has 204 valence electrons. The average Bonchev–Trinajstić information content (AvgIpc) is 3.37. The van der Waals surface area contributed by atoms with Gasteiger partial charge in [-0.1, -0.05) is 19.1 Å². The molecule has 0 radical (unpaired) electrons. The Morgan fingerprint density at radius 2 is 1.90 bits per heavy atom. The number of halogens is 4. The summed E-state index contributed by atoms with van der Waals surface area (Å²) in [5, 5.41) is 5.85. The number of hydrogen-bond acceptors (Lipinski definition) is 4. The minimum absolute atomic E-state index is 0.121. The second kappa shape index (κ2) is 10.2. The zero-order chi connectivity index (χ0) is 27.9. The predicted octanol–water partition coefficient (Wildman–Crippen LogP) is 7.05. The molecule has 39 heavy (non-hydrogen) atoms. The average molecular weight is 541 g/mol. The number of amides is 1. The van der Waals surface area contributed by atoms with Crippen molar-refractivity contribution < 1.29 is 27.1 Å². The number of ether oxygens (including phenoxy) is 1. The van der Waals surface area contributed by atoms with Gasteiger partial charge in [-0.3, -0.25) is 9.20 Å². The molecule has 5 rings (SSSR count). The first-order valence-electron chi connectivity index (χ1n) is 12.7. The highest BCUT2D eigenvalue weighted by molar-refractivity contribution is 5.96. The number of nitrogens with one attached hydrogen (secondary N) is 2. The first-order valence-corrected chi connectivity index (χ1v) is 12.7. The van der Waals surface area contributed by atoms with Crippen molar-refractivity contribution in [2.45, 2.75) is 45.8 Å². The van der Waals surface area contributed by atoms with Crippen LogP contribution in [0.3, 0.4) is 0 Å². The number of aromatic nitrogens is 2. The van der Waals surface area contributed by atoms with Crippen molar-refractivity contribution in [3.8, 4) is 22.8 Å². The number of fused-ring (bicyclic) bond motifs is 1. The zero-order valence-corrected chi connectivity index (χ0v) is 21.7. The highest BCUT2D eigenvalue weighted by Gasteiger charge is 2.34. The van der Waals surface area contributed by atoms with Gasteiger partial charge < -0.3 is 15.4 Å². The molecule has 10 heteroatoms. The molecule has 2 N–H and O–H groups in total. The number of alkyl halides is 3. The smallest absolute Gasteiger partial charge is 0.390 e. The van der Waals surface area contributed by atoms with E-state index in [1.807, 2.05) is 19.1 Å². The second-order valence-electron chi connectivity index (χ2n) is 10.1. The Labute approximate surface area is 223 Å². The molecule has 2 aromatic heterocycles. The van der Waals surface area contributed by atoms with Crippen molar-refractivity contribution >= 4 is 17.2 Å². The van der Waals surface area contributed by atoms with Gasteiger partial charge >= 0.3 is 6.18 Å². The molecule has 4 aromatic rings. The molecular formula is C29H28F4N4O2. The summed E-state index contributed by atoms with van der Waals surface area (Å²) in [7, 11) is 0. The fourth-order valence-corrected chi connectivity index (χ4v) is 4.46. The van der Waals surface area contributed by atoms with Crippen LogP contribution >= 0.6 is 0 Å². The molecule has 1 saturated carbocycles. The number of aryl methyl sites for hydroxylation is 2. The Morgan fingerprint density at radius 3 is 2.59 bits per heavy atom. The number of carbonyl (C=O) groups is 1. The maximum Gasteiger partial charge on any atom is 0.390 e. The standard InChI is InChI=1S/C29H28F4N4O2/c1-16-4-6-20(30)12-26(16)39-21-13-24(34-9-8-29(31,32)33)27-35-14-25(37(27)15-21)19-5-7-22(17(2)10-19)28(38)36-23-11-18(23)3/h4-7,10,12-15,18,23,34H,8-9,11H2,1-3H3,(H,36,38). The van der Waals surface area contributed by atoms with Crippen molar-refractivity contribution in [3.05, 3.63) is 77.4 Å². The Kier molecular flexibility index (Phi) is 6.96. The lowest BCUT2D eigenvalue weighted by molar-refractivity contribution is -0.131. The molecule has 6 nitrogen and oxygen atoms in total. The Hall–Kier alpha value is -4.08. The fraction of sp³-hybridized carbons (Fsp3) is 0.310. The number of carbonyl (C=O) groups excluding carboxylic acids is 1. The minimum atomic E-state index is -4.32. The molecule has 2 atom stereocenters. The van der Waals surface area contributed by atoms with Crippen LogP contribution in [0.1, 0.15) is 41.3 Å². The summed E-state index contributed by atoms with van der Waals surface area (Å²) >= 11 is 0. The normalized spacial score (nSPS) is 16.8. The molecule has 1 aliphatic carbocycles. The van der Waals surface area contributed by atoms with Gasteiger partial charge in [0.2, 0.25) is 0 Å². The number of rotatable bonds is 8. The van der Waals surface area contributed by atoms with Gasteiger partial charge in [-0.05, 0) is 55.5 Å². The van der Waals surface area contributed by atoms with Crippen molar-refractivity contribution in [1.29, 1.82) is 0 Å². The minimum Gasteiger partial charge on any atom is -0.455 e. The van der Waals surface area contributed by atoms with Crippen LogP contribution in [0.2, 0.25) is 0 Å². The molecule has 1 aliphatic rings. The molecular weight excluding hydrogens is 512 g/mol. The van der Waals surface area contributed by atoms with E-state index >= 15 is 0 Å². The van der Waals surface area contributed by atoms with Crippen LogP contribution in [0.4, 0.5) is 23.2 Å². The topological polar surface area (TPSA) is 67.7 Å². The summed E-state index contributed by atoms with van der Waals surface area (Å²) in [5.41, 5.74) is 4.19. The highest BCUT2D eigenvalue weighted by atomic mass is 19.4. The maximum atomic E-state index is 13.9. The van der Waals surface area contributed by atoms with Gasteiger partial charge in [0.1, 0.15) is 17.3 Å². The Morgan fingerprint density at radius 1 is 1.13 bits per heavy atom. The summed E-state index contributed by atoms with van der Waals surface area (Å²) in [6, 6.07) is 11.3. The molecule has 1 fully saturated rings. The zero-order valence-electron chi connectivity index (χ0n) is 21.7. The maximum absolute atomic E-state index is 13.9. The van der Waals surface area contributed by atoms with Gasteiger partial charge in [0.15, 0.2) is 5.65 Å². The van der Waals surface area contributed by atoms with Crippen LogP contribution in [-0.4, -0.2) is 34.1 Å². The largest absolute Gasteiger partial charge is 0.455 e. The summed E-state index contributed by atoms with van der Waals surface area (Å²) in [4.78, 5) is 17.2. The molecule has 2 aromatic carbocycles. The van der Waals surface area contributed by atoms with Crippen LogP contribution in [0, 0.1) is 25.6 Å². The van der Waals surface area contributed by atoms with E-state index in [0.717, 1.165) is 17.5 Å². The quantitative estimate of drug-likeness (QED) is 0.235. The number of nitrogens with zero attached hydrogens (tertiary/aromatic N) is 2. The third-order valence-corrected chi connectivity index (χ3v) is 6.88. The summed E-state index contributed by atoms with van der Waals surface area (Å²) < 4.78 is 60.0. The lowest BCUT2D eigenvalue weighted by Gasteiger charge is -2.15. The van der Waals surface area contributed by atoms with E-state index in [2.05, 4.69) is 22.5 Å². The number of imidazole rings is 1. The summed E-state index contributed by atoms with van der Waals surface area (Å²) in [6.07, 6.45) is -1.10. The molecule has 0 aliphatic heterocycles. The van der Waals surface area contributed by atoms with Crippen LogP contribution < -0.4 is 15.4 Å². The first-order chi connectivity index (χ1) is 18.5. The van der Waals surface area contributed by atoms with Gasteiger partial charge in [-0.15, -0.1) is 0 Å². The summed E-state index contributed by atoms with van der Waals surface area (Å²) in [5.74, 6) is 0.464. The van der Waals surface area contributed by atoms with Crippen molar-refractivity contribution in [1.82, 2.24) is 14.7 Å². The van der Waals surface area contributed by atoms with Gasteiger partial charge in [-0.2, -0.15) is 13.2 Å². The van der Waals surface area contributed by atoms with E-state index in [9.17, 15) is 22.4 Å². The number of pyridine rings is 1. The highest BCUT2D eigenvalue weighted by Crippen LogP contribution is 2.34. The molecule has 1 amide bonds. The van der Waals surface area contributed by atoms with E-state index in [1.54, 1.807) is 41.9 Å². The third-order valence-electron chi connectivity index (χ3n) is 6.88. The van der Waals surface area contributed by atoms with Crippen LogP contribution in [-0.2, 0) is 0 Å². The molecule has 2 unspecified atom stereocenters. The van der Waals surface area contributed by atoms with Gasteiger partial charge in [0.05, 0.1) is 30.2 Å². The molecule has 2 heterocycles. The molecule has 0 saturated heterocycles. The van der Waals surface area contributed by atoms with E-state index in [1.165, 1.54) is 12.1 Å². The lowest BCUT2D eigenvalue weighted by Crippen LogP contribution is -2.27. The lowest BCUT2D eigenvalue weighted by atomic mass is 10.0. The third kappa shape index (κ3) is 6.00. The number of anilines is 1. The SMILES string of the molecule is Cc1ccc(F)cc1Oc1cc(NCCC(F)(F)F)c2ncc(-c3ccc(C(=O)NC4CC4C)c(C)c3)n2c1. The van der Waals surface area contributed by atoms with Gasteiger partial charge in [-0.25, -0.2) is 9.37 Å². The predicted molar refractivity (Wildman–Crippen MR) is 141 cm³/mol. The van der Waals surface area contributed by atoms with E-state index in [0.29, 0.717) is 34.1 Å². The fourth-order valence-electron chi connectivity index (χ4n) is 4.46. The summed E-state index contributed by atoms with van der Waals surface area (Å²) in [6.45, 7) is 5.35. The van der Waals surface area contributed by atoms with E-state index in [4.69, 9.17) is 4.74 Å². The second-order valence-corrected chi connectivity index (χ2v) is 10.1. The first kappa shape index (κ1) is 26.5. The van der Waals surface area contributed by atoms with Gasteiger partial charge in [0, 0.05) is 35.8 Å². The number of hydrogen-bond donors (Lipinski definition) is 2. The van der Waals surface area contributed by atoms with Crippen molar-refractivity contribution in [2.75, 3.05) is 11.9 Å². The van der Waals surface area contributed by atoms with Crippen molar-refractivity contribution in [3.63, 3.8) is 0 Å². The van der Waals surface area contributed by atoms with E-state index < -0.39 is 18.4 Å². The van der Waals surface area contributed by atoms with E-state index in [-0.39, 0.29) is 30.0 Å². The Balaban J connectivity index is 1.51. The Bertz CT molecular complexity index is 1550. The molecule has 0 bridgehead atoms. The van der Waals surface area contributed by atoms with Crippen LogP contribution in [0.25, 0.3) is 16.9 Å². The monoisotopic (exact) mass is 540 g/mol. The van der Waals surface area contributed by atoms with Gasteiger partial charge in [0.25, 0.3) is 5.91 Å². The molecule has 0 spiro atoms. The van der Waals surface area contributed by atoms with Crippen LogP contribution in [0.15, 0.2) is 54.9 Å².